The number of hydrogen-bond donors (Lipinski definition) is 2. The van der Waals surface area contributed by atoms with Crippen LogP contribution < -0.4 is 10.6 Å². The summed E-state index contributed by atoms with van der Waals surface area (Å²) in [4.78, 5) is 24.9. The van der Waals surface area contributed by atoms with E-state index >= 15 is 0 Å². The maximum atomic E-state index is 12.6. The summed E-state index contributed by atoms with van der Waals surface area (Å²) < 4.78 is 14.2. The van der Waals surface area contributed by atoms with E-state index in [1.807, 2.05) is 18.2 Å². The average Bonchev–Trinajstić information content (AvgIpc) is 2.82. The van der Waals surface area contributed by atoms with E-state index in [4.69, 9.17) is 6.42 Å². The molecule has 0 fully saturated rings. The summed E-state index contributed by atoms with van der Waals surface area (Å²) in [5.74, 6) is 1.93. The Hall–Kier alpha value is -2.85. The van der Waals surface area contributed by atoms with Crippen LogP contribution in [-0.2, 0) is 17.8 Å². The van der Waals surface area contributed by atoms with Crippen LogP contribution in [0.25, 0.3) is 0 Å². The van der Waals surface area contributed by atoms with Crippen molar-refractivity contribution in [2.75, 3.05) is 11.9 Å². The monoisotopic (exact) mass is 357 g/mol. The number of terminal acetylenes is 1. The highest BCUT2D eigenvalue weighted by Crippen LogP contribution is 2.25. The van der Waals surface area contributed by atoms with Crippen LogP contribution in [0.4, 0.5) is 10.5 Å². The van der Waals surface area contributed by atoms with Crippen LogP contribution in [0.2, 0.25) is 0 Å². The highest BCUT2D eigenvalue weighted by atomic mass is 32.2. The molecule has 7 heteroatoms. The van der Waals surface area contributed by atoms with E-state index in [1.165, 1.54) is 0 Å². The number of carbonyl (C=O) groups excluding carboxylic acids is 2. The molecule has 0 aliphatic heterocycles. The van der Waals surface area contributed by atoms with Crippen LogP contribution in [0.5, 0.6) is 0 Å². The number of amides is 2. The van der Waals surface area contributed by atoms with Crippen LogP contribution in [0.15, 0.2) is 35.2 Å². The molecule has 0 spiro atoms. The van der Waals surface area contributed by atoms with Gasteiger partial charge in [0, 0.05) is 18.4 Å². The van der Waals surface area contributed by atoms with Gasteiger partial charge in [-0.2, -0.15) is 0 Å². The van der Waals surface area contributed by atoms with Gasteiger partial charge in [-0.15, -0.1) is 6.42 Å². The standard InChI is InChI=1S/C18H19N3O3S/c1-5-11-19-18(23)25(24)16-12(2)15(21(4)13(16)3)17(22)20-14-9-7-6-8-10-14/h1,6-10H,11H2,2-4H3,(H,19,23)(H,20,22). The Kier molecular flexibility index (Phi) is 5.78. The van der Waals surface area contributed by atoms with Gasteiger partial charge >= 0.3 is 5.24 Å². The normalized spacial score (nSPS) is 11.4. The van der Waals surface area contributed by atoms with Crippen LogP contribution >= 0.6 is 0 Å². The van der Waals surface area contributed by atoms with Crippen molar-refractivity contribution in [1.82, 2.24) is 9.88 Å². The molecule has 1 aromatic carbocycles. The van der Waals surface area contributed by atoms with Crippen molar-refractivity contribution < 1.29 is 13.8 Å². The summed E-state index contributed by atoms with van der Waals surface area (Å²) in [6.07, 6.45) is 5.10. The zero-order valence-electron chi connectivity index (χ0n) is 14.3. The number of nitrogens with one attached hydrogen (secondary N) is 2. The van der Waals surface area contributed by atoms with Crippen molar-refractivity contribution in [3.8, 4) is 12.3 Å². The lowest BCUT2D eigenvalue weighted by Gasteiger charge is -2.07. The number of rotatable bonds is 4. The predicted molar refractivity (Wildman–Crippen MR) is 97.9 cm³/mol. The molecule has 0 aliphatic rings. The average molecular weight is 357 g/mol. The van der Waals surface area contributed by atoms with Crippen molar-refractivity contribution in [3.05, 3.63) is 47.3 Å². The summed E-state index contributed by atoms with van der Waals surface area (Å²) in [6.45, 7) is 3.39. The molecule has 2 aromatic rings. The van der Waals surface area contributed by atoms with Crippen LogP contribution in [-0.4, -0.2) is 26.5 Å². The lowest BCUT2D eigenvalue weighted by atomic mass is 10.2. The number of para-hydroxylation sites is 1. The molecule has 1 heterocycles. The third-order valence-corrected chi connectivity index (χ3v) is 5.25. The van der Waals surface area contributed by atoms with Gasteiger partial charge in [0.1, 0.15) is 16.5 Å². The van der Waals surface area contributed by atoms with Crippen molar-refractivity contribution in [3.63, 3.8) is 0 Å². The number of carbonyl (C=O) groups is 2. The molecule has 2 amide bonds. The number of nitrogens with zero attached hydrogens (tertiary/aromatic N) is 1. The smallest absolute Gasteiger partial charge is 0.314 e. The maximum absolute atomic E-state index is 12.6. The van der Waals surface area contributed by atoms with Gasteiger partial charge in [-0.3, -0.25) is 9.59 Å². The number of aromatic nitrogens is 1. The fraction of sp³-hybridized carbons (Fsp3) is 0.222. The maximum Gasteiger partial charge on any atom is 0.314 e. The number of anilines is 1. The summed E-state index contributed by atoms with van der Waals surface area (Å²) in [7, 11) is -0.255. The van der Waals surface area contributed by atoms with Gasteiger partial charge in [-0.25, -0.2) is 4.21 Å². The minimum atomic E-state index is -1.95. The zero-order chi connectivity index (χ0) is 18.6. The van der Waals surface area contributed by atoms with Crippen LogP contribution in [0.3, 0.4) is 0 Å². The molecule has 0 bridgehead atoms. The first-order chi connectivity index (χ1) is 11.9. The van der Waals surface area contributed by atoms with E-state index in [0.717, 1.165) is 0 Å². The second-order valence-electron chi connectivity index (χ2n) is 5.38. The topological polar surface area (TPSA) is 80.2 Å². The molecule has 25 heavy (non-hydrogen) atoms. The van der Waals surface area contributed by atoms with E-state index in [9.17, 15) is 13.8 Å². The number of hydrogen-bond acceptors (Lipinski definition) is 3. The quantitative estimate of drug-likeness (QED) is 0.824. The van der Waals surface area contributed by atoms with E-state index in [-0.39, 0.29) is 12.5 Å². The summed E-state index contributed by atoms with van der Waals surface area (Å²) in [6, 6.07) is 9.03. The number of benzene rings is 1. The lowest BCUT2D eigenvalue weighted by Crippen LogP contribution is -2.26. The minimum Gasteiger partial charge on any atom is -0.343 e. The highest BCUT2D eigenvalue weighted by molar-refractivity contribution is 8.00. The molecule has 1 atom stereocenters. The van der Waals surface area contributed by atoms with Gasteiger partial charge in [0.05, 0.1) is 11.4 Å². The Morgan fingerprint density at radius 3 is 2.48 bits per heavy atom. The predicted octanol–water partition coefficient (Wildman–Crippen LogP) is 2.34. The first kappa shape index (κ1) is 18.5. The molecule has 2 rings (SSSR count). The van der Waals surface area contributed by atoms with E-state index in [1.54, 1.807) is 37.6 Å². The molecule has 0 saturated carbocycles. The van der Waals surface area contributed by atoms with Crippen molar-refractivity contribution >= 4 is 27.6 Å². The minimum absolute atomic E-state index is 0.00312. The fourth-order valence-corrected chi connectivity index (χ4v) is 3.71. The van der Waals surface area contributed by atoms with Gasteiger partial charge < -0.3 is 15.2 Å². The zero-order valence-corrected chi connectivity index (χ0v) is 15.1. The van der Waals surface area contributed by atoms with Crippen LogP contribution in [0.1, 0.15) is 21.7 Å². The molecular formula is C18H19N3O3S. The Bertz CT molecular complexity index is 879. The molecule has 0 saturated heterocycles. The first-order valence-corrected chi connectivity index (χ1v) is 8.68. The van der Waals surface area contributed by atoms with Gasteiger partial charge in [-0.1, -0.05) is 24.1 Å². The molecular weight excluding hydrogens is 338 g/mol. The Labute approximate surface area is 149 Å². The third-order valence-electron chi connectivity index (χ3n) is 3.80. The second kappa shape index (κ2) is 7.81. The summed E-state index contributed by atoms with van der Waals surface area (Å²) in [5, 5.41) is 4.52. The van der Waals surface area contributed by atoms with Gasteiger partial charge in [0.2, 0.25) is 0 Å². The molecule has 1 unspecified atom stereocenters. The molecule has 6 nitrogen and oxygen atoms in total. The van der Waals surface area contributed by atoms with Gasteiger partial charge in [0.15, 0.2) is 0 Å². The Morgan fingerprint density at radius 1 is 1.24 bits per heavy atom. The summed E-state index contributed by atoms with van der Waals surface area (Å²) >= 11 is 0. The molecule has 0 aliphatic carbocycles. The van der Waals surface area contributed by atoms with E-state index in [2.05, 4.69) is 16.6 Å². The Balaban J connectivity index is 2.36. The van der Waals surface area contributed by atoms with Crippen LogP contribution in [0, 0.1) is 26.2 Å². The molecule has 1 aromatic heterocycles. The second-order valence-corrected chi connectivity index (χ2v) is 6.70. The van der Waals surface area contributed by atoms with Gasteiger partial charge in [0.25, 0.3) is 5.91 Å². The van der Waals surface area contributed by atoms with Crippen molar-refractivity contribution in [2.24, 2.45) is 7.05 Å². The molecule has 130 valence electrons. The summed E-state index contributed by atoms with van der Waals surface area (Å²) in [5.41, 5.74) is 2.10. The first-order valence-electron chi connectivity index (χ1n) is 7.53. The SMILES string of the molecule is C#CCNC(=O)S(=O)c1c(C)c(C(=O)Nc2ccccc2)n(C)c1C. The lowest BCUT2D eigenvalue weighted by molar-refractivity contribution is 0.101. The Morgan fingerprint density at radius 2 is 1.88 bits per heavy atom. The van der Waals surface area contributed by atoms with Gasteiger partial charge in [-0.05, 0) is 31.5 Å². The van der Waals surface area contributed by atoms with E-state index in [0.29, 0.717) is 27.5 Å². The molecule has 2 N–H and O–H groups in total. The molecule has 0 radical (unpaired) electrons. The van der Waals surface area contributed by atoms with E-state index < -0.39 is 16.0 Å². The fourth-order valence-electron chi connectivity index (χ4n) is 2.54. The third kappa shape index (κ3) is 3.80. The van der Waals surface area contributed by atoms with Crippen molar-refractivity contribution in [1.29, 1.82) is 0 Å². The largest absolute Gasteiger partial charge is 0.343 e. The highest BCUT2D eigenvalue weighted by Gasteiger charge is 2.27. The van der Waals surface area contributed by atoms with Crippen molar-refractivity contribution in [2.45, 2.75) is 18.7 Å².